The Morgan fingerprint density at radius 1 is 1.04 bits per heavy atom. The average molecular weight is 343 g/mol. The molecule has 0 fully saturated rings. The fraction of sp³-hybridized carbons (Fsp3) is 0.350. The van der Waals surface area contributed by atoms with Gasteiger partial charge in [-0.1, -0.05) is 31.2 Å². The summed E-state index contributed by atoms with van der Waals surface area (Å²) in [5.41, 5.74) is 1.94. The van der Waals surface area contributed by atoms with Crippen molar-refractivity contribution in [2.75, 3.05) is 14.2 Å². The smallest absolute Gasteiger partial charge is 0.261 e. The molecule has 1 atom stereocenters. The zero-order valence-corrected chi connectivity index (χ0v) is 15.2. The molecule has 0 aliphatic carbocycles. The van der Waals surface area contributed by atoms with Crippen molar-refractivity contribution in [1.82, 2.24) is 5.32 Å². The van der Waals surface area contributed by atoms with E-state index in [1.807, 2.05) is 56.3 Å². The van der Waals surface area contributed by atoms with Gasteiger partial charge < -0.3 is 19.5 Å². The van der Waals surface area contributed by atoms with Gasteiger partial charge in [0, 0.05) is 6.54 Å². The van der Waals surface area contributed by atoms with Crippen molar-refractivity contribution < 1.29 is 19.0 Å². The van der Waals surface area contributed by atoms with Crippen LogP contribution in [0.25, 0.3) is 0 Å². The van der Waals surface area contributed by atoms with Crippen LogP contribution in [0.2, 0.25) is 0 Å². The van der Waals surface area contributed by atoms with Gasteiger partial charge in [0.05, 0.1) is 14.2 Å². The molecule has 0 aliphatic rings. The molecule has 5 heteroatoms. The number of hydrogen-bond acceptors (Lipinski definition) is 4. The Balaban J connectivity index is 1.99. The van der Waals surface area contributed by atoms with Gasteiger partial charge in [0.2, 0.25) is 0 Å². The number of rotatable bonds is 8. The summed E-state index contributed by atoms with van der Waals surface area (Å²) in [4.78, 5) is 12.4. The molecule has 0 radical (unpaired) electrons. The van der Waals surface area contributed by atoms with Crippen molar-refractivity contribution in [1.29, 1.82) is 0 Å². The van der Waals surface area contributed by atoms with Crippen LogP contribution < -0.4 is 19.5 Å². The van der Waals surface area contributed by atoms with Crippen molar-refractivity contribution in [2.24, 2.45) is 0 Å². The standard InChI is InChI=1S/C20H25NO4/c1-5-16(25-17-9-7-6-8-14(17)2)20(22)21-13-15-10-11-18(23-3)19(12-15)24-4/h6-12,16H,5,13H2,1-4H3,(H,21,22)/t16-/m0/s1. The number of aryl methyl sites for hydroxylation is 1. The van der Waals surface area contributed by atoms with Gasteiger partial charge >= 0.3 is 0 Å². The van der Waals surface area contributed by atoms with Crippen molar-refractivity contribution >= 4 is 5.91 Å². The summed E-state index contributed by atoms with van der Waals surface area (Å²) < 4.78 is 16.4. The number of nitrogens with one attached hydrogen (secondary N) is 1. The van der Waals surface area contributed by atoms with E-state index in [4.69, 9.17) is 14.2 Å². The predicted molar refractivity (Wildman–Crippen MR) is 97.3 cm³/mol. The van der Waals surface area contributed by atoms with E-state index in [1.165, 1.54) is 0 Å². The minimum absolute atomic E-state index is 0.138. The second-order valence-corrected chi connectivity index (χ2v) is 5.69. The Morgan fingerprint density at radius 2 is 1.76 bits per heavy atom. The Hall–Kier alpha value is -2.69. The Bertz CT molecular complexity index is 715. The quantitative estimate of drug-likeness (QED) is 0.797. The van der Waals surface area contributed by atoms with E-state index in [9.17, 15) is 4.79 Å². The highest BCUT2D eigenvalue weighted by Gasteiger charge is 2.19. The molecule has 0 aromatic heterocycles. The SMILES string of the molecule is CC[C@H](Oc1ccccc1C)C(=O)NCc1ccc(OC)c(OC)c1. The summed E-state index contributed by atoms with van der Waals surface area (Å²) in [6.45, 7) is 4.29. The third-order valence-corrected chi connectivity index (χ3v) is 3.94. The number of benzene rings is 2. The van der Waals surface area contributed by atoms with Gasteiger partial charge in [0.15, 0.2) is 17.6 Å². The van der Waals surface area contributed by atoms with E-state index in [0.717, 1.165) is 16.9 Å². The molecule has 0 aliphatic heterocycles. The number of para-hydroxylation sites is 1. The molecular weight excluding hydrogens is 318 g/mol. The molecule has 1 amide bonds. The van der Waals surface area contributed by atoms with E-state index in [0.29, 0.717) is 24.5 Å². The number of methoxy groups -OCH3 is 2. The van der Waals surface area contributed by atoms with E-state index in [2.05, 4.69) is 5.32 Å². The van der Waals surface area contributed by atoms with E-state index >= 15 is 0 Å². The number of hydrogen-bond donors (Lipinski definition) is 1. The maximum Gasteiger partial charge on any atom is 0.261 e. The molecule has 2 rings (SSSR count). The molecule has 1 N–H and O–H groups in total. The molecule has 0 saturated heterocycles. The predicted octanol–water partition coefficient (Wildman–Crippen LogP) is 3.49. The van der Waals surface area contributed by atoms with Crippen LogP contribution in [0.15, 0.2) is 42.5 Å². The minimum Gasteiger partial charge on any atom is -0.493 e. The second kappa shape index (κ2) is 8.97. The first-order valence-corrected chi connectivity index (χ1v) is 8.30. The van der Waals surface area contributed by atoms with Crippen LogP contribution in [-0.4, -0.2) is 26.2 Å². The lowest BCUT2D eigenvalue weighted by molar-refractivity contribution is -0.128. The number of amides is 1. The number of carbonyl (C=O) groups excluding carboxylic acids is 1. The Kier molecular flexibility index (Phi) is 6.69. The van der Waals surface area contributed by atoms with Crippen molar-refractivity contribution in [3.05, 3.63) is 53.6 Å². The van der Waals surface area contributed by atoms with Gasteiger partial charge in [-0.2, -0.15) is 0 Å². The summed E-state index contributed by atoms with van der Waals surface area (Å²) >= 11 is 0. The zero-order valence-electron chi connectivity index (χ0n) is 15.2. The van der Waals surface area contributed by atoms with Crippen LogP contribution in [0.3, 0.4) is 0 Å². The maximum atomic E-state index is 12.4. The van der Waals surface area contributed by atoms with Crippen LogP contribution in [-0.2, 0) is 11.3 Å². The maximum absolute atomic E-state index is 12.4. The first-order valence-electron chi connectivity index (χ1n) is 8.30. The summed E-state index contributed by atoms with van der Waals surface area (Å²) in [5, 5.41) is 2.92. The average Bonchev–Trinajstić information content (AvgIpc) is 2.65. The second-order valence-electron chi connectivity index (χ2n) is 5.69. The van der Waals surface area contributed by atoms with Gasteiger partial charge in [-0.15, -0.1) is 0 Å². The van der Waals surface area contributed by atoms with Gasteiger partial charge in [0.25, 0.3) is 5.91 Å². The molecule has 134 valence electrons. The fourth-order valence-corrected chi connectivity index (χ4v) is 2.46. The molecular formula is C20H25NO4. The number of carbonyl (C=O) groups is 1. The lowest BCUT2D eigenvalue weighted by Gasteiger charge is -2.18. The third-order valence-electron chi connectivity index (χ3n) is 3.94. The molecule has 2 aromatic rings. The fourth-order valence-electron chi connectivity index (χ4n) is 2.46. The summed E-state index contributed by atoms with van der Waals surface area (Å²) in [6, 6.07) is 13.2. The highest BCUT2D eigenvalue weighted by Crippen LogP contribution is 2.27. The molecule has 0 saturated carbocycles. The van der Waals surface area contributed by atoms with Gasteiger partial charge in [-0.3, -0.25) is 4.79 Å². The van der Waals surface area contributed by atoms with Gasteiger partial charge in [0.1, 0.15) is 5.75 Å². The van der Waals surface area contributed by atoms with Gasteiger partial charge in [-0.25, -0.2) is 0 Å². The van der Waals surface area contributed by atoms with Crippen LogP contribution in [0.4, 0.5) is 0 Å². The molecule has 0 bridgehead atoms. The zero-order chi connectivity index (χ0) is 18.2. The monoisotopic (exact) mass is 343 g/mol. The van der Waals surface area contributed by atoms with E-state index in [1.54, 1.807) is 14.2 Å². The molecule has 2 aromatic carbocycles. The molecule has 5 nitrogen and oxygen atoms in total. The highest BCUT2D eigenvalue weighted by molar-refractivity contribution is 5.81. The van der Waals surface area contributed by atoms with E-state index in [-0.39, 0.29) is 5.91 Å². The first-order chi connectivity index (χ1) is 12.1. The molecule has 0 spiro atoms. The topological polar surface area (TPSA) is 56.8 Å². The third kappa shape index (κ3) is 4.89. The highest BCUT2D eigenvalue weighted by atomic mass is 16.5. The van der Waals surface area contributed by atoms with E-state index < -0.39 is 6.10 Å². The molecule has 25 heavy (non-hydrogen) atoms. The summed E-state index contributed by atoms with van der Waals surface area (Å²) in [6.07, 6.45) is 0.0628. The van der Waals surface area contributed by atoms with Crippen LogP contribution in [0.1, 0.15) is 24.5 Å². The van der Waals surface area contributed by atoms with Crippen LogP contribution in [0.5, 0.6) is 17.2 Å². The molecule has 0 heterocycles. The minimum atomic E-state index is -0.527. The lowest BCUT2D eigenvalue weighted by Crippen LogP contribution is -2.37. The van der Waals surface area contributed by atoms with Gasteiger partial charge in [-0.05, 0) is 42.7 Å². The van der Waals surface area contributed by atoms with Crippen molar-refractivity contribution in [3.8, 4) is 17.2 Å². The lowest BCUT2D eigenvalue weighted by atomic mass is 10.2. The first kappa shape index (κ1) is 18.6. The van der Waals surface area contributed by atoms with Crippen molar-refractivity contribution in [3.63, 3.8) is 0 Å². The Morgan fingerprint density at radius 3 is 2.40 bits per heavy atom. The summed E-state index contributed by atoms with van der Waals surface area (Å²) in [5.74, 6) is 1.89. The normalized spacial score (nSPS) is 11.5. The van der Waals surface area contributed by atoms with Crippen LogP contribution >= 0.6 is 0 Å². The molecule has 0 unspecified atom stereocenters. The number of ether oxygens (including phenoxy) is 3. The van der Waals surface area contributed by atoms with Crippen molar-refractivity contribution in [2.45, 2.75) is 32.9 Å². The Labute approximate surface area is 148 Å². The largest absolute Gasteiger partial charge is 0.493 e. The van der Waals surface area contributed by atoms with Crippen LogP contribution in [0, 0.1) is 6.92 Å². The summed E-state index contributed by atoms with van der Waals surface area (Å²) in [7, 11) is 3.18.